The van der Waals surface area contributed by atoms with Crippen molar-refractivity contribution in [1.82, 2.24) is 10.2 Å². The topological polar surface area (TPSA) is 49.4 Å². The molecule has 0 spiro atoms. The number of rotatable bonds is 9. The summed E-state index contributed by atoms with van der Waals surface area (Å²) in [6.07, 6.45) is 5.16. The lowest BCUT2D eigenvalue weighted by Gasteiger charge is -2.18. The number of likely N-dealkylation sites (tertiary alicyclic amines) is 1. The standard InChI is InChI=1S/C17H32N2O2.H2/c1-13(2)16(20)8-6-5-7-9-17(21)19-11-10-15(12-19)18-14(3)4;/h13-15,18H,5-12H2,1-4H3;1H/t15-;/m1./s1. The van der Waals surface area contributed by atoms with Gasteiger partial charge in [0.15, 0.2) is 0 Å². The molecule has 1 heterocycles. The van der Waals surface area contributed by atoms with Gasteiger partial charge >= 0.3 is 0 Å². The van der Waals surface area contributed by atoms with Crippen molar-refractivity contribution in [3.8, 4) is 0 Å². The smallest absolute Gasteiger partial charge is 0.222 e. The van der Waals surface area contributed by atoms with Gasteiger partial charge in [0.05, 0.1) is 0 Å². The summed E-state index contributed by atoms with van der Waals surface area (Å²) in [5.74, 6) is 0.753. The van der Waals surface area contributed by atoms with E-state index >= 15 is 0 Å². The Hall–Kier alpha value is -0.900. The van der Waals surface area contributed by atoms with Crippen molar-refractivity contribution in [3.63, 3.8) is 0 Å². The van der Waals surface area contributed by atoms with E-state index in [1.807, 2.05) is 18.7 Å². The Kier molecular flexibility index (Phi) is 7.94. The number of carbonyl (C=O) groups is 2. The third kappa shape index (κ3) is 7.07. The molecule has 0 radical (unpaired) electrons. The van der Waals surface area contributed by atoms with Crippen molar-refractivity contribution in [2.24, 2.45) is 5.92 Å². The predicted molar refractivity (Wildman–Crippen MR) is 88.3 cm³/mol. The van der Waals surface area contributed by atoms with Crippen molar-refractivity contribution in [1.29, 1.82) is 0 Å². The molecule has 4 nitrogen and oxygen atoms in total. The van der Waals surface area contributed by atoms with Gasteiger partial charge in [0, 0.05) is 45.4 Å². The third-order valence-electron chi connectivity index (χ3n) is 4.07. The van der Waals surface area contributed by atoms with E-state index in [0.717, 1.165) is 38.8 Å². The highest BCUT2D eigenvalue weighted by atomic mass is 16.2. The average molecular weight is 298 g/mol. The Morgan fingerprint density at radius 1 is 1.14 bits per heavy atom. The number of carbonyl (C=O) groups excluding carboxylic acids is 2. The molecule has 0 aromatic rings. The number of Topliss-reactive ketones (excluding diaryl/α,β-unsaturated/α-hetero) is 1. The fourth-order valence-electron chi connectivity index (χ4n) is 2.79. The van der Waals surface area contributed by atoms with Crippen LogP contribution >= 0.6 is 0 Å². The minimum absolute atomic E-state index is 0. The molecule has 1 amide bonds. The Bertz CT molecular complexity index is 346. The maximum Gasteiger partial charge on any atom is 0.222 e. The number of amides is 1. The van der Waals surface area contributed by atoms with E-state index in [4.69, 9.17) is 0 Å². The Morgan fingerprint density at radius 2 is 1.81 bits per heavy atom. The van der Waals surface area contributed by atoms with Crippen molar-refractivity contribution >= 4 is 11.7 Å². The maximum atomic E-state index is 12.1. The molecule has 1 rings (SSSR count). The predicted octanol–water partition coefficient (Wildman–Crippen LogP) is 3.01. The minimum atomic E-state index is 0. The molecule has 0 aromatic heterocycles. The van der Waals surface area contributed by atoms with Crippen LogP contribution in [-0.2, 0) is 9.59 Å². The van der Waals surface area contributed by atoms with Crippen molar-refractivity contribution in [3.05, 3.63) is 0 Å². The molecule has 124 valence electrons. The summed E-state index contributed by atoms with van der Waals surface area (Å²) in [7, 11) is 0. The summed E-state index contributed by atoms with van der Waals surface area (Å²) < 4.78 is 0. The summed E-state index contributed by atoms with van der Waals surface area (Å²) in [6.45, 7) is 9.91. The fourth-order valence-corrected chi connectivity index (χ4v) is 2.79. The summed E-state index contributed by atoms with van der Waals surface area (Å²) >= 11 is 0. The molecule has 1 aliphatic heterocycles. The molecular weight excluding hydrogens is 264 g/mol. The summed E-state index contributed by atoms with van der Waals surface area (Å²) in [6, 6.07) is 0.932. The fraction of sp³-hybridized carbons (Fsp3) is 0.882. The van der Waals surface area contributed by atoms with Gasteiger partial charge in [0.2, 0.25) is 5.91 Å². The van der Waals surface area contributed by atoms with Gasteiger partial charge in [-0.05, 0) is 19.3 Å². The van der Waals surface area contributed by atoms with Crippen LogP contribution < -0.4 is 5.32 Å². The van der Waals surface area contributed by atoms with Crippen molar-refractivity contribution < 1.29 is 11.0 Å². The second-order valence-electron chi connectivity index (χ2n) is 6.83. The summed E-state index contributed by atoms with van der Waals surface area (Å²) in [5.41, 5.74) is 0. The Morgan fingerprint density at radius 3 is 2.43 bits per heavy atom. The molecule has 21 heavy (non-hydrogen) atoms. The first-order valence-corrected chi connectivity index (χ1v) is 8.46. The zero-order valence-corrected chi connectivity index (χ0v) is 14.2. The minimum Gasteiger partial charge on any atom is -0.341 e. The van der Waals surface area contributed by atoms with E-state index in [0.29, 0.717) is 30.7 Å². The monoisotopic (exact) mass is 298 g/mol. The number of nitrogens with zero attached hydrogens (tertiary/aromatic N) is 1. The molecule has 1 N–H and O–H groups in total. The van der Waals surface area contributed by atoms with E-state index < -0.39 is 0 Å². The molecule has 1 aliphatic rings. The van der Waals surface area contributed by atoms with Crippen LogP contribution in [0.15, 0.2) is 0 Å². The number of nitrogens with one attached hydrogen (secondary N) is 1. The molecule has 0 bridgehead atoms. The lowest BCUT2D eigenvalue weighted by Crippen LogP contribution is -2.38. The van der Waals surface area contributed by atoms with Gasteiger partial charge in [-0.25, -0.2) is 0 Å². The van der Waals surface area contributed by atoms with Gasteiger partial charge in [-0.2, -0.15) is 0 Å². The quantitative estimate of drug-likeness (QED) is 0.666. The number of ketones is 1. The van der Waals surface area contributed by atoms with Crippen molar-refractivity contribution in [2.45, 2.75) is 78.3 Å². The summed E-state index contributed by atoms with van der Waals surface area (Å²) in [5, 5.41) is 3.49. The van der Waals surface area contributed by atoms with Gasteiger partial charge in [0.1, 0.15) is 5.78 Å². The Balaban J connectivity index is 0.00000441. The normalized spacial score (nSPS) is 18.8. The van der Waals surface area contributed by atoms with E-state index in [9.17, 15) is 9.59 Å². The van der Waals surface area contributed by atoms with E-state index in [1.54, 1.807) is 0 Å². The first-order valence-electron chi connectivity index (χ1n) is 8.46. The first kappa shape index (κ1) is 18.1. The zero-order valence-electron chi connectivity index (χ0n) is 14.2. The van der Waals surface area contributed by atoms with Crippen molar-refractivity contribution in [2.75, 3.05) is 13.1 Å². The Labute approximate surface area is 131 Å². The SMILES string of the molecule is CC(C)N[C@@H]1CCN(C(=O)CCCCCC(=O)C(C)C)C1.[HH]. The van der Waals surface area contributed by atoms with Crippen LogP contribution in [0.2, 0.25) is 0 Å². The molecule has 4 heteroatoms. The second kappa shape index (κ2) is 9.19. The van der Waals surface area contributed by atoms with Crippen LogP contribution in [0.1, 0.15) is 67.6 Å². The largest absolute Gasteiger partial charge is 0.341 e. The van der Waals surface area contributed by atoms with Gasteiger partial charge in [-0.1, -0.05) is 34.1 Å². The van der Waals surface area contributed by atoms with Crippen LogP contribution in [0.4, 0.5) is 0 Å². The van der Waals surface area contributed by atoms with Gasteiger partial charge < -0.3 is 10.2 Å². The van der Waals surface area contributed by atoms with E-state index in [1.165, 1.54) is 0 Å². The lowest BCUT2D eigenvalue weighted by atomic mass is 10.0. The van der Waals surface area contributed by atoms with Crippen LogP contribution in [0.3, 0.4) is 0 Å². The highest BCUT2D eigenvalue weighted by Gasteiger charge is 2.25. The second-order valence-corrected chi connectivity index (χ2v) is 6.83. The lowest BCUT2D eigenvalue weighted by molar-refractivity contribution is -0.130. The van der Waals surface area contributed by atoms with Crippen LogP contribution in [0, 0.1) is 5.92 Å². The maximum absolute atomic E-state index is 12.1. The molecule has 0 aliphatic carbocycles. The van der Waals surface area contributed by atoms with E-state index in [2.05, 4.69) is 19.2 Å². The average Bonchev–Trinajstić information content (AvgIpc) is 2.85. The van der Waals surface area contributed by atoms with Gasteiger partial charge in [-0.15, -0.1) is 0 Å². The molecule has 0 aromatic carbocycles. The number of unbranched alkanes of at least 4 members (excludes halogenated alkanes) is 2. The van der Waals surface area contributed by atoms with Crippen LogP contribution in [0.25, 0.3) is 0 Å². The van der Waals surface area contributed by atoms with E-state index in [-0.39, 0.29) is 13.3 Å². The molecule has 1 saturated heterocycles. The molecule has 0 unspecified atom stereocenters. The van der Waals surface area contributed by atoms with Crippen LogP contribution in [-0.4, -0.2) is 41.8 Å². The van der Waals surface area contributed by atoms with Crippen LogP contribution in [0.5, 0.6) is 0 Å². The molecule has 1 fully saturated rings. The first-order chi connectivity index (χ1) is 9.90. The van der Waals surface area contributed by atoms with Gasteiger partial charge in [-0.3, -0.25) is 9.59 Å². The number of hydrogen-bond donors (Lipinski definition) is 1. The third-order valence-corrected chi connectivity index (χ3v) is 4.07. The highest BCUT2D eigenvalue weighted by molar-refractivity contribution is 5.80. The number of hydrogen-bond acceptors (Lipinski definition) is 3. The zero-order chi connectivity index (χ0) is 15.8. The highest BCUT2D eigenvalue weighted by Crippen LogP contribution is 2.14. The molecular formula is C17H34N2O2. The molecule has 0 saturated carbocycles. The summed E-state index contributed by atoms with van der Waals surface area (Å²) in [4.78, 5) is 25.6. The molecule has 1 atom stereocenters. The van der Waals surface area contributed by atoms with Gasteiger partial charge in [0.25, 0.3) is 0 Å².